The van der Waals surface area contributed by atoms with Crippen LogP contribution in [0.15, 0.2) is 12.1 Å². The number of rotatable bonds is 2. The van der Waals surface area contributed by atoms with Crippen molar-refractivity contribution in [1.82, 2.24) is 10.3 Å². The van der Waals surface area contributed by atoms with Crippen molar-refractivity contribution in [2.24, 2.45) is 0 Å². The Balaban J connectivity index is 1.60. The predicted octanol–water partition coefficient (Wildman–Crippen LogP) is 2.09. The fourth-order valence-electron chi connectivity index (χ4n) is 4.25. The topological polar surface area (TPSA) is 65.5 Å². The van der Waals surface area contributed by atoms with Gasteiger partial charge in [0.2, 0.25) is 5.91 Å². The third-order valence-electron chi connectivity index (χ3n) is 5.46. The highest BCUT2D eigenvalue weighted by Gasteiger charge is 2.39. The molecule has 0 aromatic carbocycles. The smallest absolute Gasteiger partial charge is 0.270 e. The van der Waals surface area contributed by atoms with E-state index < -0.39 is 0 Å². The van der Waals surface area contributed by atoms with Crippen LogP contribution in [0.2, 0.25) is 0 Å². The summed E-state index contributed by atoms with van der Waals surface area (Å²) in [6.45, 7) is 3.38. The van der Waals surface area contributed by atoms with Gasteiger partial charge < -0.3 is 10.2 Å². The molecule has 24 heavy (non-hydrogen) atoms. The lowest BCUT2D eigenvalue weighted by Crippen LogP contribution is -2.46. The lowest BCUT2D eigenvalue weighted by atomic mass is 9.95. The largest absolute Gasteiger partial charge is 0.366 e. The van der Waals surface area contributed by atoms with Crippen LogP contribution in [0.4, 0.5) is 11.5 Å². The maximum Gasteiger partial charge on any atom is 0.270 e. The minimum atomic E-state index is -0.124. The third-order valence-corrected chi connectivity index (χ3v) is 5.46. The second-order valence-electron chi connectivity index (χ2n) is 7.13. The summed E-state index contributed by atoms with van der Waals surface area (Å²) < 4.78 is 0. The second-order valence-corrected chi connectivity index (χ2v) is 7.13. The van der Waals surface area contributed by atoms with Crippen LogP contribution >= 0.6 is 0 Å². The molecule has 1 N–H and O–H groups in total. The number of amides is 2. The zero-order valence-electron chi connectivity index (χ0n) is 14.1. The van der Waals surface area contributed by atoms with E-state index in [2.05, 4.69) is 15.2 Å². The van der Waals surface area contributed by atoms with Crippen molar-refractivity contribution in [3.8, 4) is 0 Å². The molecule has 1 saturated heterocycles. The van der Waals surface area contributed by atoms with Crippen molar-refractivity contribution in [2.75, 3.05) is 22.9 Å². The summed E-state index contributed by atoms with van der Waals surface area (Å²) in [5.74, 6) is 0.522. The van der Waals surface area contributed by atoms with Crippen molar-refractivity contribution < 1.29 is 9.59 Å². The summed E-state index contributed by atoms with van der Waals surface area (Å²) in [6, 6.07) is 4.16. The molecule has 6 heteroatoms. The maximum atomic E-state index is 12.6. The first kappa shape index (κ1) is 15.4. The standard InChI is InChI=1S/C18H24N4O2/c1-12(23)22-14-9-10-21(11-14)16-8-7-15(20-17(16)22)18(24)19-13-5-3-2-4-6-13/h7-8,13-14H,2-6,9-11H2,1H3,(H,19,24). The summed E-state index contributed by atoms with van der Waals surface area (Å²) in [5, 5.41) is 3.11. The van der Waals surface area contributed by atoms with Crippen LogP contribution in [0.1, 0.15) is 55.9 Å². The van der Waals surface area contributed by atoms with E-state index >= 15 is 0 Å². The first-order valence-electron chi connectivity index (χ1n) is 9.00. The molecule has 2 aliphatic heterocycles. The molecule has 1 aromatic rings. The van der Waals surface area contributed by atoms with Crippen molar-refractivity contribution in [1.29, 1.82) is 0 Å². The van der Waals surface area contributed by atoms with Gasteiger partial charge in [-0.3, -0.25) is 14.5 Å². The van der Waals surface area contributed by atoms with Gasteiger partial charge in [-0.05, 0) is 31.4 Å². The number of carbonyl (C=O) groups excluding carboxylic acids is 2. The van der Waals surface area contributed by atoms with Gasteiger partial charge >= 0.3 is 0 Å². The molecular weight excluding hydrogens is 304 g/mol. The van der Waals surface area contributed by atoms with Crippen molar-refractivity contribution >= 4 is 23.3 Å². The summed E-state index contributed by atoms with van der Waals surface area (Å²) >= 11 is 0. The van der Waals surface area contributed by atoms with E-state index in [-0.39, 0.29) is 23.9 Å². The lowest BCUT2D eigenvalue weighted by molar-refractivity contribution is -0.117. The number of hydrogen-bond donors (Lipinski definition) is 1. The zero-order chi connectivity index (χ0) is 16.7. The van der Waals surface area contributed by atoms with Crippen LogP contribution in [0.25, 0.3) is 0 Å². The van der Waals surface area contributed by atoms with Crippen molar-refractivity contribution in [2.45, 2.75) is 57.5 Å². The van der Waals surface area contributed by atoms with Crippen molar-refractivity contribution in [3.05, 3.63) is 17.8 Å². The highest BCUT2D eigenvalue weighted by atomic mass is 16.2. The quantitative estimate of drug-likeness (QED) is 0.903. The minimum Gasteiger partial charge on any atom is -0.366 e. The van der Waals surface area contributed by atoms with E-state index in [1.54, 1.807) is 17.9 Å². The Morgan fingerprint density at radius 3 is 2.71 bits per heavy atom. The van der Waals surface area contributed by atoms with E-state index in [9.17, 15) is 9.59 Å². The average Bonchev–Trinajstić information content (AvgIpc) is 2.99. The van der Waals surface area contributed by atoms with Gasteiger partial charge in [-0.25, -0.2) is 4.98 Å². The van der Waals surface area contributed by atoms with Crippen LogP contribution in [-0.2, 0) is 4.79 Å². The molecule has 3 heterocycles. The van der Waals surface area contributed by atoms with Crippen LogP contribution in [0, 0.1) is 0 Å². The van der Waals surface area contributed by atoms with Gasteiger partial charge in [0.25, 0.3) is 5.91 Å². The normalized spacial score (nSPS) is 23.1. The molecule has 6 nitrogen and oxygen atoms in total. The van der Waals surface area contributed by atoms with Gasteiger partial charge in [-0.2, -0.15) is 0 Å². The molecule has 2 amide bonds. The molecule has 1 unspecified atom stereocenters. The van der Waals surface area contributed by atoms with E-state index in [0.29, 0.717) is 11.5 Å². The van der Waals surface area contributed by atoms with E-state index in [1.807, 2.05) is 6.07 Å². The molecule has 1 aromatic heterocycles. The first-order chi connectivity index (χ1) is 11.6. The number of anilines is 2. The number of hydrogen-bond acceptors (Lipinski definition) is 4. The molecule has 0 spiro atoms. The fourth-order valence-corrected chi connectivity index (χ4v) is 4.25. The maximum absolute atomic E-state index is 12.6. The molecule has 1 saturated carbocycles. The van der Waals surface area contributed by atoms with Crippen LogP contribution in [0.3, 0.4) is 0 Å². The van der Waals surface area contributed by atoms with Crippen LogP contribution in [0.5, 0.6) is 0 Å². The van der Waals surface area contributed by atoms with E-state index in [4.69, 9.17) is 0 Å². The summed E-state index contributed by atoms with van der Waals surface area (Å²) in [6.07, 6.45) is 6.67. The molecule has 1 atom stereocenters. The number of carbonyl (C=O) groups is 2. The van der Waals surface area contributed by atoms with Gasteiger partial charge in [0, 0.05) is 26.1 Å². The number of fused-ring (bicyclic) bond motifs is 4. The van der Waals surface area contributed by atoms with Gasteiger partial charge in [0.05, 0.1) is 11.7 Å². The Labute approximate surface area is 142 Å². The van der Waals surface area contributed by atoms with Gasteiger partial charge in [-0.1, -0.05) is 19.3 Å². The second kappa shape index (κ2) is 6.07. The summed E-state index contributed by atoms with van der Waals surface area (Å²) in [5.41, 5.74) is 1.38. The minimum absolute atomic E-state index is 0.000128. The Morgan fingerprint density at radius 2 is 1.96 bits per heavy atom. The Morgan fingerprint density at radius 1 is 1.17 bits per heavy atom. The van der Waals surface area contributed by atoms with Crippen LogP contribution < -0.4 is 15.1 Å². The molecular formula is C18H24N4O2. The highest BCUT2D eigenvalue weighted by molar-refractivity contribution is 5.99. The monoisotopic (exact) mass is 328 g/mol. The van der Waals surface area contributed by atoms with E-state index in [0.717, 1.165) is 38.0 Å². The molecule has 2 fully saturated rings. The Hall–Kier alpha value is -2.11. The fraction of sp³-hybridized carbons (Fsp3) is 0.611. The zero-order valence-corrected chi connectivity index (χ0v) is 14.1. The molecule has 0 radical (unpaired) electrons. The predicted molar refractivity (Wildman–Crippen MR) is 92.4 cm³/mol. The number of aromatic nitrogens is 1. The highest BCUT2D eigenvalue weighted by Crippen LogP contribution is 2.38. The van der Waals surface area contributed by atoms with Gasteiger partial charge in [0.15, 0.2) is 5.82 Å². The third kappa shape index (κ3) is 2.64. The van der Waals surface area contributed by atoms with Crippen LogP contribution in [-0.4, -0.2) is 42.0 Å². The molecule has 128 valence electrons. The Bertz CT molecular complexity index is 669. The lowest BCUT2D eigenvalue weighted by Gasteiger charge is -2.35. The number of pyridine rings is 1. The average molecular weight is 328 g/mol. The molecule has 4 rings (SSSR count). The van der Waals surface area contributed by atoms with Gasteiger partial charge in [-0.15, -0.1) is 0 Å². The Kier molecular flexibility index (Phi) is 3.90. The molecule has 3 aliphatic rings. The summed E-state index contributed by atoms with van der Waals surface area (Å²) in [7, 11) is 0. The number of nitrogens with zero attached hydrogens (tertiary/aromatic N) is 3. The molecule has 2 bridgehead atoms. The number of nitrogens with one attached hydrogen (secondary N) is 1. The molecule has 1 aliphatic carbocycles. The van der Waals surface area contributed by atoms with Crippen molar-refractivity contribution in [3.63, 3.8) is 0 Å². The first-order valence-corrected chi connectivity index (χ1v) is 9.00. The van der Waals surface area contributed by atoms with E-state index in [1.165, 1.54) is 19.3 Å². The van der Waals surface area contributed by atoms with Gasteiger partial charge in [0.1, 0.15) is 5.69 Å². The summed E-state index contributed by atoms with van der Waals surface area (Å²) in [4.78, 5) is 33.3. The SMILES string of the molecule is CC(=O)N1c2nc(C(=O)NC3CCCCC3)ccc2N2CCC1C2.